The number of hydrogen-bond acceptors (Lipinski definition) is 5. The van der Waals surface area contributed by atoms with Crippen molar-refractivity contribution in [2.24, 2.45) is 75.8 Å². The molecular weight excluding hydrogens is 553 g/mol. The fourth-order valence-corrected chi connectivity index (χ4v) is 16.3. The van der Waals surface area contributed by atoms with Crippen LogP contribution in [-0.4, -0.2) is 25.4 Å². The van der Waals surface area contributed by atoms with Crippen LogP contribution < -0.4 is 4.74 Å². The lowest BCUT2D eigenvalue weighted by Crippen LogP contribution is -2.52. The topological polar surface area (TPSA) is 49.3 Å². The predicted molar refractivity (Wildman–Crippen MR) is 168 cm³/mol. The predicted octanol–water partition coefficient (Wildman–Crippen LogP) is 9.80. The third-order valence-electron chi connectivity index (χ3n) is 14.5. The molecule has 12 bridgehead atoms. The molecule has 0 atom stereocenters. The van der Waals surface area contributed by atoms with Crippen molar-refractivity contribution in [3.05, 3.63) is 24.3 Å². The Morgan fingerprint density at radius 1 is 0.488 bits per heavy atom. The lowest BCUT2D eigenvalue weighted by atomic mass is 9.55. The quantitative estimate of drug-likeness (QED) is 0.277. The molecule has 0 N–H and O–H groups in total. The molecule has 1 aromatic rings. The summed E-state index contributed by atoms with van der Waals surface area (Å²) < 4.78 is 34.6. The van der Waals surface area contributed by atoms with Gasteiger partial charge in [-0.1, -0.05) is 12.1 Å². The number of ether oxygens (including phenoxy) is 1. The van der Waals surface area contributed by atoms with E-state index in [1.165, 1.54) is 96.3 Å². The van der Waals surface area contributed by atoms with Gasteiger partial charge in [0.15, 0.2) is 0 Å². The van der Waals surface area contributed by atoms with Crippen LogP contribution in [0.1, 0.15) is 96.3 Å². The van der Waals surface area contributed by atoms with E-state index >= 15 is 0 Å². The van der Waals surface area contributed by atoms with Crippen molar-refractivity contribution >= 4 is 13.4 Å². The molecule has 12 aliphatic rings. The minimum absolute atomic E-state index is 0.230. The molecule has 12 fully saturated rings. The zero-order chi connectivity index (χ0) is 28.3. The first kappa shape index (κ1) is 27.3. The lowest BCUT2D eigenvalue weighted by molar-refractivity contribution is -0.133. The van der Waals surface area contributed by atoms with Gasteiger partial charge in [-0.2, -0.15) is 4.74 Å². The van der Waals surface area contributed by atoms with Gasteiger partial charge in [0.2, 0.25) is 0 Å². The second-order valence-electron chi connectivity index (χ2n) is 17.2. The van der Waals surface area contributed by atoms with Gasteiger partial charge in [0.25, 0.3) is 0 Å². The van der Waals surface area contributed by atoms with E-state index in [9.17, 15) is 0 Å². The molecule has 5 nitrogen and oxygen atoms in total. The smallest absolute Gasteiger partial charge is 0.361 e. The van der Waals surface area contributed by atoms with Crippen LogP contribution in [0.15, 0.2) is 29.0 Å². The molecule has 234 valence electrons. The Kier molecular flexibility index (Phi) is 6.54. The van der Waals surface area contributed by atoms with Crippen LogP contribution >= 0.6 is 7.74 Å². The standard InChI is InChI=1S/C37H52NO4P/c1-39-34-5-3-2-4-33(34)38-43(40-35-27-9-21-6-22(11-27)12-28(35)10-21,41-36-29-13-23-7-24(15-29)16-30(36)14-23)42-37-31-17-25-8-26(19-31)20-32(37)18-25/h2-5,21-32,35-37H,6-20H2,1H3. The van der Waals surface area contributed by atoms with E-state index in [-0.39, 0.29) is 18.3 Å². The van der Waals surface area contributed by atoms with E-state index < -0.39 is 7.74 Å². The Bertz CT molecular complexity index is 1100. The van der Waals surface area contributed by atoms with Crippen LogP contribution in [0, 0.1) is 71.0 Å². The number of nitrogens with zero attached hydrogens (tertiary/aromatic N) is 1. The minimum atomic E-state index is -3.10. The van der Waals surface area contributed by atoms with Gasteiger partial charge in [0.1, 0.15) is 11.4 Å². The van der Waals surface area contributed by atoms with Crippen molar-refractivity contribution in [3.8, 4) is 5.75 Å². The summed E-state index contributed by atoms with van der Waals surface area (Å²) in [6.07, 6.45) is 21.1. The average molecular weight is 606 g/mol. The summed E-state index contributed by atoms with van der Waals surface area (Å²) in [6, 6.07) is 8.29. The SMILES string of the molecule is COc1ccccc1N=P(OC1C2CC3CC(C2)CC1C3)(OC1C2CC3CC(C2)CC1C3)OC1C2CC3CC(C2)CC1C3. The highest BCUT2D eigenvalue weighted by Crippen LogP contribution is 2.69. The first-order valence-electron chi connectivity index (χ1n) is 18.4. The van der Waals surface area contributed by atoms with Gasteiger partial charge in [0, 0.05) is 0 Å². The summed E-state index contributed by atoms with van der Waals surface area (Å²) in [4.78, 5) is 0. The molecule has 13 rings (SSSR count). The second kappa shape index (κ2) is 10.3. The van der Waals surface area contributed by atoms with Crippen LogP contribution in [0.4, 0.5) is 5.69 Å². The fourth-order valence-electron chi connectivity index (χ4n) is 13.6. The van der Waals surface area contributed by atoms with E-state index in [1.54, 1.807) is 7.11 Å². The van der Waals surface area contributed by atoms with Crippen LogP contribution in [0.3, 0.4) is 0 Å². The summed E-state index contributed by atoms with van der Waals surface area (Å²) in [5.41, 5.74) is 0.856. The molecule has 0 saturated heterocycles. The van der Waals surface area contributed by atoms with E-state index in [0.29, 0.717) is 35.5 Å². The number of rotatable bonds is 8. The Labute approximate surface area is 258 Å². The Balaban J connectivity index is 1.08. The van der Waals surface area contributed by atoms with E-state index in [4.69, 9.17) is 23.1 Å². The molecule has 0 amide bonds. The largest absolute Gasteiger partial charge is 0.494 e. The number of hydrogen-bond donors (Lipinski definition) is 0. The normalized spacial score (nSPS) is 51.1. The molecule has 12 aliphatic carbocycles. The van der Waals surface area contributed by atoms with Gasteiger partial charge in [-0.15, -0.1) is 0 Å². The van der Waals surface area contributed by atoms with E-state index in [0.717, 1.165) is 46.9 Å². The van der Waals surface area contributed by atoms with Crippen molar-refractivity contribution in [2.45, 2.75) is 115 Å². The van der Waals surface area contributed by atoms with Crippen LogP contribution in [0.2, 0.25) is 0 Å². The highest BCUT2D eigenvalue weighted by Gasteiger charge is 2.57. The maximum atomic E-state index is 7.67. The number of para-hydroxylation sites is 1. The van der Waals surface area contributed by atoms with E-state index in [2.05, 4.69) is 12.1 Å². The monoisotopic (exact) mass is 605 g/mol. The zero-order valence-electron chi connectivity index (χ0n) is 26.1. The Morgan fingerprint density at radius 2 is 0.814 bits per heavy atom. The molecule has 0 aromatic heterocycles. The van der Waals surface area contributed by atoms with Gasteiger partial charge >= 0.3 is 7.74 Å². The van der Waals surface area contributed by atoms with Gasteiger partial charge in [-0.25, -0.2) is 0 Å². The lowest BCUT2D eigenvalue weighted by Gasteiger charge is -2.58. The Hall–Kier alpha value is -0.870. The fraction of sp³-hybridized carbons (Fsp3) is 0.838. The van der Waals surface area contributed by atoms with Gasteiger partial charge in [-0.3, -0.25) is 13.6 Å². The first-order valence-corrected chi connectivity index (χ1v) is 19.9. The zero-order valence-corrected chi connectivity index (χ0v) is 27.0. The third kappa shape index (κ3) is 4.67. The molecule has 1 aromatic carbocycles. The molecule has 0 spiro atoms. The van der Waals surface area contributed by atoms with Crippen LogP contribution in [0.25, 0.3) is 0 Å². The summed E-state index contributed by atoms with van der Waals surface area (Å²) in [6.45, 7) is 0. The summed E-state index contributed by atoms with van der Waals surface area (Å²) >= 11 is 0. The van der Waals surface area contributed by atoms with Gasteiger partial charge < -0.3 is 4.74 Å². The van der Waals surface area contributed by atoms with Crippen molar-refractivity contribution < 1.29 is 18.3 Å². The first-order chi connectivity index (χ1) is 21.1. The average Bonchev–Trinajstić information content (AvgIpc) is 2.98. The second-order valence-corrected chi connectivity index (χ2v) is 19.0. The minimum Gasteiger partial charge on any atom is -0.494 e. The van der Waals surface area contributed by atoms with Crippen molar-refractivity contribution in [2.75, 3.05) is 7.11 Å². The van der Waals surface area contributed by atoms with Crippen LogP contribution in [-0.2, 0) is 13.6 Å². The van der Waals surface area contributed by atoms with Crippen molar-refractivity contribution in [1.29, 1.82) is 0 Å². The summed E-state index contributed by atoms with van der Waals surface area (Å²) in [5.74, 6) is 10.2. The van der Waals surface area contributed by atoms with Crippen molar-refractivity contribution in [1.82, 2.24) is 0 Å². The van der Waals surface area contributed by atoms with Crippen molar-refractivity contribution in [3.63, 3.8) is 0 Å². The molecule has 0 aliphatic heterocycles. The summed E-state index contributed by atoms with van der Waals surface area (Å²) in [5, 5.41) is 0. The van der Waals surface area contributed by atoms with E-state index in [1.807, 2.05) is 12.1 Å². The molecule has 43 heavy (non-hydrogen) atoms. The Morgan fingerprint density at radius 3 is 1.14 bits per heavy atom. The highest BCUT2D eigenvalue weighted by molar-refractivity contribution is 7.51. The number of methoxy groups -OCH3 is 1. The molecule has 0 unspecified atom stereocenters. The number of benzene rings is 1. The summed E-state index contributed by atoms with van der Waals surface area (Å²) in [7, 11) is -1.33. The molecule has 0 heterocycles. The molecule has 6 heteroatoms. The maximum Gasteiger partial charge on any atom is 0.361 e. The molecule has 12 saturated carbocycles. The van der Waals surface area contributed by atoms with Gasteiger partial charge in [-0.05, 0) is 179 Å². The molecular formula is C37H52NO4P. The van der Waals surface area contributed by atoms with Crippen LogP contribution in [0.5, 0.6) is 5.75 Å². The third-order valence-corrected chi connectivity index (χ3v) is 16.5. The molecule has 0 radical (unpaired) electrons. The highest BCUT2D eigenvalue weighted by atomic mass is 31.2. The van der Waals surface area contributed by atoms with Gasteiger partial charge in [0.05, 0.1) is 25.4 Å². The maximum absolute atomic E-state index is 7.67.